The summed E-state index contributed by atoms with van der Waals surface area (Å²) in [4.78, 5) is 4.30. The Morgan fingerprint density at radius 2 is 1.49 bits per heavy atom. The molecule has 4 aromatic carbocycles. The molecule has 0 aliphatic rings. The van der Waals surface area contributed by atoms with Crippen molar-refractivity contribution in [3.63, 3.8) is 0 Å². The molecule has 4 nitrogen and oxygen atoms in total. The summed E-state index contributed by atoms with van der Waals surface area (Å²) in [5.41, 5.74) is 4.44. The Kier molecular flexibility index (Phi) is 7.41. The average molecular weight is 529 g/mol. The van der Waals surface area contributed by atoms with Crippen LogP contribution in [-0.2, 0) is 19.1 Å². The first-order valence-electron chi connectivity index (χ1n) is 12.4. The number of ether oxygens (including phenoxy) is 2. The number of nitrogens with one attached hydrogen (secondary N) is 1. The van der Waals surface area contributed by atoms with Crippen LogP contribution in [0.3, 0.4) is 0 Å². The molecule has 0 unspecified atom stereocenters. The molecule has 0 amide bonds. The van der Waals surface area contributed by atoms with Gasteiger partial charge in [-0.1, -0.05) is 54.6 Å². The van der Waals surface area contributed by atoms with Crippen LogP contribution in [0.25, 0.3) is 22.0 Å². The molecule has 0 atom stereocenters. The first kappa shape index (κ1) is 26.1. The van der Waals surface area contributed by atoms with Crippen molar-refractivity contribution in [1.82, 2.24) is 4.98 Å². The number of aromatic nitrogens is 1. The van der Waals surface area contributed by atoms with Crippen molar-refractivity contribution in [1.29, 1.82) is 0 Å². The van der Waals surface area contributed by atoms with Gasteiger partial charge in [0.15, 0.2) is 0 Å². The van der Waals surface area contributed by atoms with Crippen LogP contribution < -0.4 is 14.8 Å². The minimum Gasteiger partial charge on any atom is -0.497 e. The maximum atomic E-state index is 13.9. The third-order valence-corrected chi connectivity index (χ3v) is 6.58. The number of hydrogen-bond acceptors (Lipinski definition) is 4. The molecule has 0 aliphatic heterocycles. The fourth-order valence-electron chi connectivity index (χ4n) is 4.74. The Morgan fingerprint density at radius 3 is 2.18 bits per heavy atom. The van der Waals surface area contributed by atoms with E-state index in [4.69, 9.17) is 9.47 Å². The topological polar surface area (TPSA) is 43.4 Å². The summed E-state index contributed by atoms with van der Waals surface area (Å²) in [7, 11) is 3.21. The maximum Gasteiger partial charge on any atom is 0.418 e. The van der Waals surface area contributed by atoms with Gasteiger partial charge >= 0.3 is 6.18 Å². The molecule has 0 aliphatic carbocycles. The molecule has 5 rings (SSSR count). The zero-order valence-corrected chi connectivity index (χ0v) is 21.5. The van der Waals surface area contributed by atoms with E-state index in [2.05, 4.69) is 10.3 Å². The number of pyridine rings is 1. The summed E-state index contributed by atoms with van der Waals surface area (Å²) in [5, 5.41) is 3.89. The van der Waals surface area contributed by atoms with Crippen molar-refractivity contribution in [3.05, 3.63) is 119 Å². The number of nitrogens with zero attached hydrogens (tertiary/aromatic N) is 1. The third-order valence-electron chi connectivity index (χ3n) is 6.58. The molecular weight excluding hydrogens is 501 g/mol. The molecule has 0 saturated heterocycles. The molecule has 5 aromatic rings. The predicted octanol–water partition coefficient (Wildman–Crippen LogP) is 8.14. The van der Waals surface area contributed by atoms with E-state index in [0.717, 1.165) is 39.6 Å². The average Bonchev–Trinajstić information content (AvgIpc) is 2.95. The van der Waals surface area contributed by atoms with Crippen LogP contribution in [0.15, 0.2) is 97.2 Å². The molecule has 1 N–H and O–H groups in total. The van der Waals surface area contributed by atoms with Gasteiger partial charge in [0.2, 0.25) is 0 Å². The van der Waals surface area contributed by atoms with Crippen LogP contribution in [0, 0.1) is 0 Å². The molecule has 0 saturated carbocycles. The van der Waals surface area contributed by atoms with Crippen LogP contribution in [0.2, 0.25) is 0 Å². The molecule has 198 valence electrons. The van der Waals surface area contributed by atoms with Gasteiger partial charge in [0, 0.05) is 29.9 Å². The largest absolute Gasteiger partial charge is 0.497 e. The van der Waals surface area contributed by atoms with Gasteiger partial charge in [0.05, 0.1) is 25.3 Å². The van der Waals surface area contributed by atoms with Gasteiger partial charge in [0.25, 0.3) is 0 Å². The van der Waals surface area contributed by atoms with Gasteiger partial charge in [-0.3, -0.25) is 4.98 Å². The van der Waals surface area contributed by atoms with Crippen LogP contribution in [0.4, 0.5) is 18.9 Å². The second-order valence-corrected chi connectivity index (χ2v) is 9.18. The summed E-state index contributed by atoms with van der Waals surface area (Å²) in [5.74, 6) is 1.38. The molecule has 0 spiro atoms. The lowest BCUT2D eigenvalue weighted by atomic mass is 9.91. The van der Waals surface area contributed by atoms with Crippen LogP contribution in [0.5, 0.6) is 11.5 Å². The third kappa shape index (κ3) is 5.82. The Labute approximate surface area is 225 Å². The normalized spacial score (nSPS) is 11.4. The number of benzene rings is 4. The van der Waals surface area contributed by atoms with E-state index in [1.165, 1.54) is 6.07 Å². The van der Waals surface area contributed by atoms with Gasteiger partial charge in [-0.25, -0.2) is 0 Å². The Morgan fingerprint density at radius 1 is 0.769 bits per heavy atom. The van der Waals surface area contributed by atoms with Crippen molar-refractivity contribution >= 4 is 16.6 Å². The summed E-state index contributed by atoms with van der Waals surface area (Å²) >= 11 is 0. The highest BCUT2D eigenvalue weighted by Gasteiger charge is 2.33. The predicted molar refractivity (Wildman–Crippen MR) is 148 cm³/mol. The van der Waals surface area contributed by atoms with E-state index in [1.807, 2.05) is 72.8 Å². The van der Waals surface area contributed by atoms with Gasteiger partial charge in [-0.15, -0.1) is 0 Å². The number of methoxy groups -OCH3 is 2. The van der Waals surface area contributed by atoms with Crippen LogP contribution >= 0.6 is 0 Å². The van der Waals surface area contributed by atoms with E-state index in [9.17, 15) is 13.2 Å². The SMILES string of the molecule is COc1cc(CNc2cccc(-c3c(Cc4ccccc4)cnc4c(C(F)(F)F)cccc34)c2)cc(OC)c1. The zero-order valence-electron chi connectivity index (χ0n) is 21.5. The number of halogens is 3. The van der Waals surface area contributed by atoms with Crippen LogP contribution in [0.1, 0.15) is 22.3 Å². The second-order valence-electron chi connectivity index (χ2n) is 9.18. The molecule has 39 heavy (non-hydrogen) atoms. The van der Waals surface area contributed by atoms with E-state index in [1.54, 1.807) is 26.5 Å². The molecule has 0 fully saturated rings. The number of alkyl halides is 3. The molecule has 0 radical (unpaired) electrons. The van der Waals surface area contributed by atoms with E-state index < -0.39 is 11.7 Å². The molecule has 1 heterocycles. The van der Waals surface area contributed by atoms with Gasteiger partial charge in [-0.05, 0) is 64.6 Å². The molecule has 0 bridgehead atoms. The van der Waals surface area contributed by atoms with Crippen molar-refractivity contribution in [2.75, 3.05) is 19.5 Å². The lowest BCUT2D eigenvalue weighted by Gasteiger charge is -2.17. The standard InChI is InChI=1S/C32H27F3N2O2/c1-38-26-15-22(16-27(18-26)39-2)19-36-25-11-6-10-23(17-25)30-24(14-21-8-4-3-5-9-21)20-37-31-28(30)12-7-13-29(31)32(33,34)35/h3-13,15-18,20,36H,14,19H2,1-2H3. The Bertz CT molecular complexity index is 1580. The second kappa shape index (κ2) is 11.1. The number of fused-ring (bicyclic) bond motifs is 1. The Hall–Kier alpha value is -4.52. The quantitative estimate of drug-likeness (QED) is 0.221. The minimum absolute atomic E-state index is 0.0568. The number of hydrogen-bond donors (Lipinski definition) is 1. The first-order chi connectivity index (χ1) is 18.9. The summed E-state index contributed by atoms with van der Waals surface area (Å²) in [6, 6.07) is 27.4. The van der Waals surface area contributed by atoms with E-state index >= 15 is 0 Å². The van der Waals surface area contributed by atoms with Gasteiger partial charge in [0.1, 0.15) is 11.5 Å². The first-order valence-corrected chi connectivity index (χ1v) is 12.4. The number of para-hydroxylation sites is 1. The summed E-state index contributed by atoms with van der Waals surface area (Å²) < 4.78 is 52.3. The highest BCUT2D eigenvalue weighted by molar-refractivity contribution is 5.98. The van der Waals surface area contributed by atoms with Crippen molar-refractivity contribution in [2.45, 2.75) is 19.1 Å². The smallest absolute Gasteiger partial charge is 0.418 e. The van der Waals surface area contributed by atoms with Crippen molar-refractivity contribution in [3.8, 4) is 22.6 Å². The molecular formula is C32H27F3N2O2. The molecule has 7 heteroatoms. The van der Waals surface area contributed by atoms with Gasteiger partial charge in [-0.2, -0.15) is 13.2 Å². The lowest BCUT2D eigenvalue weighted by molar-refractivity contribution is -0.136. The van der Waals surface area contributed by atoms with Crippen molar-refractivity contribution < 1.29 is 22.6 Å². The van der Waals surface area contributed by atoms with Crippen LogP contribution in [-0.4, -0.2) is 19.2 Å². The van der Waals surface area contributed by atoms with Crippen molar-refractivity contribution in [2.24, 2.45) is 0 Å². The summed E-state index contributed by atoms with van der Waals surface area (Å²) in [6.07, 6.45) is -2.40. The fourth-order valence-corrected chi connectivity index (χ4v) is 4.74. The Balaban J connectivity index is 1.57. The highest BCUT2D eigenvalue weighted by Crippen LogP contribution is 2.39. The summed E-state index contributed by atoms with van der Waals surface area (Å²) in [6.45, 7) is 0.503. The number of anilines is 1. The van der Waals surface area contributed by atoms with E-state index in [-0.39, 0.29) is 5.52 Å². The van der Waals surface area contributed by atoms with E-state index in [0.29, 0.717) is 29.9 Å². The molecule has 1 aromatic heterocycles. The minimum atomic E-state index is -4.51. The lowest BCUT2D eigenvalue weighted by Crippen LogP contribution is -2.07. The monoisotopic (exact) mass is 528 g/mol. The zero-order chi connectivity index (χ0) is 27.4. The maximum absolute atomic E-state index is 13.9. The highest BCUT2D eigenvalue weighted by atomic mass is 19.4. The fraction of sp³-hybridized carbons (Fsp3) is 0.156. The number of rotatable bonds is 8. The van der Waals surface area contributed by atoms with Gasteiger partial charge < -0.3 is 14.8 Å².